The van der Waals surface area contributed by atoms with Gasteiger partial charge in [0.05, 0.1) is 30.3 Å². The number of ether oxygens (including phenoxy) is 1. The van der Waals surface area contributed by atoms with E-state index in [1.54, 1.807) is 6.07 Å². The van der Waals surface area contributed by atoms with Crippen LogP contribution in [0.25, 0.3) is 23.1 Å². The monoisotopic (exact) mass is 766 g/mol. The molecule has 3 aliphatic carbocycles. The molecule has 3 fully saturated rings. The molecule has 4 aromatic rings. The summed E-state index contributed by atoms with van der Waals surface area (Å²) in [6.45, 7) is 0. The number of hydrogen-bond acceptors (Lipinski definition) is 6. The Balaban J connectivity index is 0.000000321. The zero-order valence-corrected chi connectivity index (χ0v) is 33.2. The van der Waals surface area contributed by atoms with Crippen molar-refractivity contribution >= 4 is 58.4 Å². The summed E-state index contributed by atoms with van der Waals surface area (Å²) < 4.78 is 5.00. The number of carboxylic acid groups (broad SMARTS) is 1. The van der Waals surface area contributed by atoms with Gasteiger partial charge in [0.1, 0.15) is 0 Å². The van der Waals surface area contributed by atoms with Crippen LogP contribution < -0.4 is 5.32 Å². The Morgan fingerprint density at radius 3 is 2.30 bits per heavy atom. The lowest BCUT2D eigenvalue weighted by Crippen LogP contribution is -2.40. The Labute approximate surface area is 330 Å². The van der Waals surface area contributed by atoms with Crippen LogP contribution in [0.2, 0.25) is 5.02 Å². The van der Waals surface area contributed by atoms with Gasteiger partial charge in [-0.2, -0.15) is 11.8 Å². The minimum atomic E-state index is -0.733. The molecule has 6 nitrogen and oxygen atoms in total. The first-order valence-electron chi connectivity index (χ1n) is 19.9. The fourth-order valence-electron chi connectivity index (χ4n) is 7.94. The van der Waals surface area contributed by atoms with Crippen molar-refractivity contribution in [3.63, 3.8) is 0 Å². The Morgan fingerprint density at radius 2 is 1.61 bits per heavy atom. The second-order valence-corrected chi connectivity index (χ2v) is 17.1. The average Bonchev–Trinajstić information content (AvgIpc) is 3.96. The summed E-state index contributed by atoms with van der Waals surface area (Å²) >= 11 is 7.98. The number of carbonyl (C=O) groups is 2. The number of hydrogen-bond donors (Lipinski definition) is 2. The minimum absolute atomic E-state index is 0.110. The van der Waals surface area contributed by atoms with Crippen molar-refractivity contribution in [2.24, 2.45) is 5.41 Å². The number of pyridine rings is 1. The van der Waals surface area contributed by atoms with Crippen LogP contribution in [0.15, 0.2) is 78.9 Å². The van der Waals surface area contributed by atoms with Gasteiger partial charge in [0.2, 0.25) is 0 Å². The van der Waals surface area contributed by atoms with Gasteiger partial charge in [-0.15, -0.1) is 0 Å². The topological polar surface area (TPSA) is 88.5 Å². The summed E-state index contributed by atoms with van der Waals surface area (Å²) in [7, 11) is 1.40. The Kier molecular flexibility index (Phi) is 14.7. The number of carboxylic acids is 1. The van der Waals surface area contributed by atoms with E-state index in [0.717, 1.165) is 64.8 Å². The normalized spacial score (nSPS) is 17.8. The van der Waals surface area contributed by atoms with E-state index in [4.69, 9.17) is 21.3 Å². The van der Waals surface area contributed by atoms with Crippen molar-refractivity contribution < 1.29 is 19.4 Å². The average molecular weight is 767 g/mol. The van der Waals surface area contributed by atoms with Gasteiger partial charge in [-0.3, -0.25) is 4.79 Å². The van der Waals surface area contributed by atoms with Crippen molar-refractivity contribution in [1.29, 1.82) is 0 Å². The van der Waals surface area contributed by atoms with E-state index in [9.17, 15) is 14.7 Å². The maximum Gasteiger partial charge on any atom is 0.338 e. The number of aromatic nitrogens is 1. The molecular formula is C46H55ClN2O4S. The highest BCUT2D eigenvalue weighted by Crippen LogP contribution is 2.53. The highest BCUT2D eigenvalue weighted by molar-refractivity contribution is 7.99. The lowest BCUT2D eigenvalue weighted by atomic mass is 9.91. The standard InChI is InChI=1S/C34H32ClNO4S.C12H23N/c1-40-33(39)29-8-3-2-6-24(29)12-16-31(41-22-34(17-18-34)21-32(37)38)26-7-4-5-23(19-26)9-14-28-15-11-25-10-13-27(35)20-30(25)36-28;1-3-7-11(8-4-1)13-12-9-5-2-6-10-12/h2-11,13-15,19-20,31H,12,16-18,21-22H2,1H3,(H,37,38);11-13H,1-10H2/b14-9+;/t31-;/m1./s1. The number of methoxy groups -OCH3 is 1. The number of aliphatic carboxylic acids is 1. The minimum Gasteiger partial charge on any atom is -0.481 e. The second-order valence-electron chi connectivity index (χ2n) is 15.5. The molecular weight excluding hydrogens is 712 g/mol. The Bertz CT molecular complexity index is 1860. The number of halogens is 1. The zero-order valence-electron chi connectivity index (χ0n) is 31.6. The van der Waals surface area contributed by atoms with Crippen LogP contribution in [-0.2, 0) is 16.0 Å². The number of nitrogens with zero attached hydrogens (tertiary/aromatic N) is 1. The molecule has 8 heteroatoms. The first kappa shape index (κ1) is 40.0. The van der Waals surface area contributed by atoms with E-state index in [-0.39, 0.29) is 23.1 Å². The lowest BCUT2D eigenvalue weighted by molar-refractivity contribution is -0.138. The number of rotatable bonds is 14. The number of carbonyl (C=O) groups excluding carboxylic acids is 1. The van der Waals surface area contributed by atoms with Crippen LogP contribution in [0.4, 0.5) is 0 Å². The Morgan fingerprint density at radius 1 is 0.907 bits per heavy atom. The van der Waals surface area contributed by atoms with Crippen molar-refractivity contribution in [2.75, 3.05) is 12.9 Å². The molecule has 2 N–H and O–H groups in total. The van der Waals surface area contributed by atoms with Gasteiger partial charge in [0, 0.05) is 33.5 Å². The van der Waals surface area contributed by atoms with Gasteiger partial charge in [0.25, 0.3) is 0 Å². The molecule has 1 aromatic heterocycles. The first-order valence-corrected chi connectivity index (χ1v) is 21.3. The van der Waals surface area contributed by atoms with Crippen LogP contribution in [0, 0.1) is 5.41 Å². The third kappa shape index (κ3) is 11.9. The molecule has 3 aliphatic rings. The molecule has 0 spiro atoms. The molecule has 54 heavy (non-hydrogen) atoms. The van der Waals surface area contributed by atoms with Crippen LogP contribution in [0.5, 0.6) is 0 Å². The molecule has 0 amide bonds. The molecule has 7 rings (SSSR count). The van der Waals surface area contributed by atoms with Gasteiger partial charge >= 0.3 is 11.9 Å². The highest BCUT2D eigenvalue weighted by Gasteiger charge is 2.44. The molecule has 0 aliphatic heterocycles. The number of fused-ring (bicyclic) bond motifs is 1. The zero-order chi connectivity index (χ0) is 37.8. The van der Waals surface area contributed by atoms with E-state index in [1.165, 1.54) is 76.9 Å². The first-order chi connectivity index (χ1) is 26.3. The number of aryl methyl sites for hydroxylation is 1. The molecule has 0 unspecified atom stereocenters. The van der Waals surface area contributed by atoms with Gasteiger partial charge in [-0.05, 0) is 104 Å². The van der Waals surface area contributed by atoms with Gasteiger partial charge in [0.15, 0.2) is 0 Å². The van der Waals surface area contributed by atoms with Crippen molar-refractivity contribution in [1.82, 2.24) is 10.3 Å². The Hall–Kier alpha value is -3.65. The summed E-state index contributed by atoms with van der Waals surface area (Å²) in [5.41, 5.74) is 5.37. The summed E-state index contributed by atoms with van der Waals surface area (Å²) in [4.78, 5) is 28.5. The van der Waals surface area contributed by atoms with E-state index in [1.807, 2.05) is 66.4 Å². The second kappa shape index (κ2) is 19.8. The van der Waals surface area contributed by atoms with Crippen molar-refractivity contribution in [3.8, 4) is 0 Å². The van der Waals surface area contributed by atoms with E-state index in [2.05, 4.69) is 35.7 Å². The maximum absolute atomic E-state index is 12.3. The molecule has 286 valence electrons. The fourth-order valence-corrected chi connectivity index (χ4v) is 9.68. The predicted molar refractivity (Wildman–Crippen MR) is 224 cm³/mol. The third-order valence-electron chi connectivity index (χ3n) is 11.3. The lowest BCUT2D eigenvalue weighted by Gasteiger charge is -2.30. The molecule has 0 bridgehead atoms. The van der Waals surface area contributed by atoms with E-state index in [0.29, 0.717) is 17.0 Å². The van der Waals surface area contributed by atoms with Crippen LogP contribution in [0.1, 0.15) is 128 Å². The number of nitrogens with one attached hydrogen (secondary N) is 1. The van der Waals surface area contributed by atoms with Crippen molar-refractivity contribution in [2.45, 2.75) is 114 Å². The molecule has 0 radical (unpaired) electrons. The number of thioether (sulfide) groups is 1. The predicted octanol–water partition coefficient (Wildman–Crippen LogP) is 11.7. The molecule has 1 heterocycles. The summed E-state index contributed by atoms with van der Waals surface area (Å²) in [6, 6.07) is 27.5. The smallest absolute Gasteiger partial charge is 0.338 e. The summed E-state index contributed by atoms with van der Waals surface area (Å²) in [6.07, 6.45) is 22.3. The molecule has 3 aromatic carbocycles. The van der Waals surface area contributed by atoms with Crippen LogP contribution in [-0.4, -0.2) is 47.0 Å². The molecule has 1 atom stereocenters. The number of esters is 1. The van der Waals surface area contributed by atoms with Gasteiger partial charge < -0.3 is 15.2 Å². The largest absolute Gasteiger partial charge is 0.481 e. The van der Waals surface area contributed by atoms with Gasteiger partial charge in [-0.25, -0.2) is 9.78 Å². The quantitative estimate of drug-likeness (QED) is 0.124. The summed E-state index contributed by atoms with van der Waals surface area (Å²) in [5, 5.41) is 15.1. The maximum atomic E-state index is 12.3. The van der Waals surface area contributed by atoms with Crippen LogP contribution >= 0.6 is 23.4 Å². The van der Waals surface area contributed by atoms with E-state index < -0.39 is 5.97 Å². The van der Waals surface area contributed by atoms with Crippen molar-refractivity contribution in [3.05, 3.63) is 112 Å². The third-order valence-corrected chi connectivity index (χ3v) is 13.2. The SMILES string of the molecule is C1CCC(NC2CCCCC2)CC1.COC(=O)c1ccccc1CC[C@@H](SCC1(CC(=O)O)CC1)c1cccc(/C=C/c2ccc3ccc(Cl)cc3n2)c1. The number of benzene rings is 3. The molecule has 3 saturated carbocycles. The van der Waals surface area contributed by atoms with Gasteiger partial charge in [-0.1, -0.05) is 111 Å². The molecule has 0 saturated heterocycles. The van der Waals surface area contributed by atoms with E-state index >= 15 is 0 Å². The summed E-state index contributed by atoms with van der Waals surface area (Å²) in [5.74, 6) is -0.269. The fraction of sp³-hybridized carbons (Fsp3) is 0.457. The van der Waals surface area contributed by atoms with Crippen LogP contribution in [0.3, 0.4) is 0 Å². The highest BCUT2D eigenvalue weighted by atomic mass is 35.5.